The van der Waals surface area contributed by atoms with Crippen LogP contribution in [0.4, 0.5) is 8.78 Å². The molecule has 0 atom stereocenters. The molecule has 3 nitrogen and oxygen atoms in total. The maximum absolute atomic E-state index is 11.3. The van der Waals surface area contributed by atoms with E-state index in [1.807, 2.05) is 0 Å². The molecule has 0 saturated carbocycles. The smallest absolute Gasteiger partial charge is 0.345 e. The van der Waals surface area contributed by atoms with Gasteiger partial charge in [0.25, 0.3) is 0 Å². The van der Waals surface area contributed by atoms with Crippen LogP contribution in [-0.4, -0.2) is 25.3 Å². The molecule has 0 aromatic heterocycles. The lowest BCUT2D eigenvalue weighted by Gasteiger charge is -1.95. The summed E-state index contributed by atoms with van der Waals surface area (Å²) >= 11 is 0. The molecule has 0 N–H and O–H groups in total. The van der Waals surface area contributed by atoms with Crippen LogP contribution in [0.3, 0.4) is 0 Å². The molecule has 0 saturated heterocycles. The van der Waals surface area contributed by atoms with Gasteiger partial charge in [-0.3, -0.25) is 9.18 Å². The van der Waals surface area contributed by atoms with Crippen molar-refractivity contribution < 1.29 is 23.1 Å². The third-order valence-corrected chi connectivity index (χ3v) is 0.635. The number of hydrogen-bond donors (Lipinski definition) is 0. The van der Waals surface area contributed by atoms with Crippen molar-refractivity contribution in [2.45, 2.75) is 6.42 Å². The van der Waals surface area contributed by atoms with Crippen molar-refractivity contribution in [1.29, 1.82) is 0 Å². The first-order valence-electron chi connectivity index (χ1n) is 2.56. The van der Waals surface area contributed by atoms with Crippen molar-refractivity contribution in [3.8, 4) is 0 Å². The van der Waals surface area contributed by atoms with Gasteiger partial charge in [0, 0.05) is 0 Å². The van der Waals surface area contributed by atoms with E-state index in [9.17, 15) is 18.4 Å². The minimum Gasteiger partial charge on any atom is -0.391 e. The molecule has 0 rings (SSSR count). The van der Waals surface area contributed by atoms with Crippen LogP contribution in [-0.2, 0) is 14.3 Å². The van der Waals surface area contributed by atoms with Crippen molar-refractivity contribution >= 4 is 11.9 Å². The molecule has 10 heavy (non-hydrogen) atoms. The van der Waals surface area contributed by atoms with E-state index in [0.29, 0.717) is 0 Å². The standard InChI is InChI=1S/C5H6F2O3/c6-2-1-4(8)10-5(9)3-7/h1-3H2. The van der Waals surface area contributed by atoms with E-state index in [0.717, 1.165) is 0 Å². The third kappa shape index (κ3) is 3.94. The fourth-order valence-corrected chi connectivity index (χ4v) is 0.282. The molecule has 0 aromatic carbocycles. The first-order chi connectivity index (χ1) is 4.70. The van der Waals surface area contributed by atoms with E-state index in [1.165, 1.54) is 0 Å². The Bertz CT molecular complexity index is 135. The number of hydrogen-bond acceptors (Lipinski definition) is 3. The Labute approximate surface area is 56.0 Å². The lowest BCUT2D eigenvalue weighted by atomic mass is 10.5. The van der Waals surface area contributed by atoms with Crippen LogP contribution in [0.15, 0.2) is 0 Å². The molecule has 5 heteroatoms. The predicted octanol–water partition coefficient (Wildman–Crippen LogP) is 0.385. The van der Waals surface area contributed by atoms with Crippen LogP contribution in [0.5, 0.6) is 0 Å². The summed E-state index contributed by atoms with van der Waals surface area (Å²) in [5.74, 6) is -2.32. The number of alkyl halides is 2. The molecule has 58 valence electrons. The van der Waals surface area contributed by atoms with E-state index >= 15 is 0 Å². The number of carbonyl (C=O) groups is 2. The van der Waals surface area contributed by atoms with Crippen LogP contribution >= 0.6 is 0 Å². The highest BCUT2D eigenvalue weighted by molar-refractivity contribution is 5.85. The molecule has 0 aliphatic carbocycles. The van der Waals surface area contributed by atoms with Gasteiger partial charge in [-0.25, -0.2) is 9.18 Å². The minimum atomic E-state index is -1.36. The van der Waals surface area contributed by atoms with Crippen molar-refractivity contribution in [3.63, 3.8) is 0 Å². The number of ether oxygens (including phenoxy) is 1. The van der Waals surface area contributed by atoms with Crippen molar-refractivity contribution in [2.75, 3.05) is 13.3 Å². The summed E-state index contributed by atoms with van der Waals surface area (Å²) in [6.45, 7) is -2.27. The van der Waals surface area contributed by atoms with E-state index in [4.69, 9.17) is 0 Å². The van der Waals surface area contributed by atoms with Crippen molar-refractivity contribution in [1.82, 2.24) is 0 Å². The van der Waals surface area contributed by atoms with Gasteiger partial charge in [-0.2, -0.15) is 0 Å². The summed E-state index contributed by atoms with van der Waals surface area (Å²) < 4.78 is 26.3. The zero-order chi connectivity index (χ0) is 7.98. The summed E-state index contributed by atoms with van der Waals surface area (Å²) in [7, 11) is 0. The van der Waals surface area contributed by atoms with E-state index in [-0.39, 0.29) is 0 Å². The second kappa shape index (κ2) is 4.84. The first kappa shape index (κ1) is 9.00. The van der Waals surface area contributed by atoms with Gasteiger partial charge < -0.3 is 4.74 Å². The summed E-state index contributed by atoms with van der Waals surface area (Å²) in [5.41, 5.74) is 0. The van der Waals surface area contributed by atoms with Gasteiger partial charge in [0.2, 0.25) is 0 Å². The largest absolute Gasteiger partial charge is 0.391 e. The summed E-state index contributed by atoms with van der Waals surface area (Å²) in [6.07, 6.45) is -0.508. The van der Waals surface area contributed by atoms with Gasteiger partial charge >= 0.3 is 11.9 Å². The first-order valence-corrected chi connectivity index (χ1v) is 2.56. The van der Waals surface area contributed by atoms with Gasteiger partial charge in [0.05, 0.1) is 13.1 Å². The third-order valence-electron chi connectivity index (χ3n) is 0.635. The molecular formula is C5H6F2O3. The summed E-state index contributed by atoms with van der Waals surface area (Å²) in [6, 6.07) is 0. The second-order valence-electron chi connectivity index (χ2n) is 1.42. The highest BCUT2D eigenvalue weighted by Crippen LogP contribution is 1.88. The number of carbonyl (C=O) groups excluding carboxylic acids is 2. The van der Waals surface area contributed by atoms with Crippen LogP contribution in [0.25, 0.3) is 0 Å². The average molecular weight is 152 g/mol. The van der Waals surface area contributed by atoms with Gasteiger partial charge in [-0.15, -0.1) is 0 Å². The molecule has 0 amide bonds. The minimum absolute atomic E-state index is 0.508. The molecule has 0 aliphatic rings. The molecule has 0 aromatic rings. The Balaban J connectivity index is 3.47. The lowest BCUT2D eigenvalue weighted by Crippen LogP contribution is -2.13. The fraction of sp³-hybridized carbons (Fsp3) is 0.600. The van der Waals surface area contributed by atoms with E-state index in [1.54, 1.807) is 0 Å². The Hall–Kier alpha value is -1.00. The molecule has 0 fully saturated rings. The molecule has 0 bridgehead atoms. The molecule has 0 radical (unpaired) electrons. The summed E-state index contributed by atoms with van der Waals surface area (Å²) in [4.78, 5) is 20.1. The molecule has 0 spiro atoms. The predicted molar refractivity (Wildman–Crippen MR) is 27.7 cm³/mol. The van der Waals surface area contributed by atoms with Crippen LogP contribution in [0, 0.1) is 0 Å². The van der Waals surface area contributed by atoms with Crippen molar-refractivity contribution in [2.24, 2.45) is 0 Å². The Morgan fingerprint density at radius 2 is 1.80 bits per heavy atom. The SMILES string of the molecule is O=C(CF)OC(=O)CCF. The van der Waals surface area contributed by atoms with E-state index in [2.05, 4.69) is 4.74 Å². The Kier molecular flexibility index (Phi) is 4.36. The maximum Gasteiger partial charge on any atom is 0.345 e. The van der Waals surface area contributed by atoms with Gasteiger partial charge in [0.15, 0.2) is 6.67 Å². The molecule has 0 unspecified atom stereocenters. The zero-order valence-electron chi connectivity index (χ0n) is 5.10. The number of rotatable bonds is 3. The monoisotopic (exact) mass is 152 g/mol. The Morgan fingerprint density at radius 1 is 1.20 bits per heavy atom. The highest BCUT2D eigenvalue weighted by atomic mass is 19.1. The summed E-state index contributed by atoms with van der Waals surface area (Å²) in [5, 5.41) is 0. The number of esters is 2. The lowest BCUT2D eigenvalue weighted by molar-refractivity contribution is -0.160. The second-order valence-corrected chi connectivity index (χ2v) is 1.42. The average Bonchev–Trinajstić information content (AvgIpc) is 1.88. The molecule has 0 aliphatic heterocycles. The maximum atomic E-state index is 11.3. The van der Waals surface area contributed by atoms with Crippen LogP contribution in [0.2, 0.25) is 0 Å². The van der Waals surface area contributed by atoms with Gasteiger partial charge in [0.1, 0.15) is 0 Å². The topological polar surface area (TPSA) is 43.4 Å². The normalized spacial score (nSPS) is 9.00. The molecule has 0 heterocycles. The van der Waals surface area contributed by atoms with E-state index < -0.39 is 31.7 Å². The van der Waals surface area contributed by atoms with Crippen molar-refractivity contribution in [3.05, 3.63) is 0 Å². The van der Waals surface area contributed by atoms with Crippen LogP contribution in [0.1, 0.15) is 6.42 Å². The quantitative estimate of drug-likeness (QED) is 0.434. The molecular weight excluding hydrogens is 146 g/mol. The number of halogens is 2. The zero-order valence-corrected chi connectivity index (χ0v) is 5.10. The van der Waals surface area contributed by atoms with Gasteiger partial charge in [-0.1, -0.05) is 0 Å². The van der Waals surface area contributed by atoms with Gasteiger partial charge in [-0.05, 0) is 0 Å². The fourth-order valence-electron chi connectivity index (χ4n) is 0.282. The Morgan fingerprint density at radius 3 is 2.20 bits per heavy atom. The van der Waals surface area contributed by atoms with Crippen LogP contribution < -0.4 is 0 Å². The highest BCUT2D eigenvalue weighted by Gasteiger charge is 2.08.